The van der Waals surface area contributed by atoms with Crippen LogP contribution in [0.3, 0.4) is 0 Å². The fourth-order valence-electron chi connectivity index (χ4n) is 3.61. The molecule has 1 saturated heterocycles. The largest absolute Gasteiger partial charge is 0.491 e. The van der Waals surface area contributed by atoms with E-state index in [9.17, 15) is 5.11 Å². The number of nitrogens with zero attached hydrogens (tertiary/aromatic N) is 1. The van der Waals surface area contributed by atoms with Crippen molar-refractivity contribution in [2.24, 2.45) is 0 Å². The van der Waals surface area contributed by atoms with Crippen LogP contribution in [-0.4, -0.2) is 54.6 Å². The Morgan fingerprint density at radius 3 is 2.73 bits per heavy atom. The fourth-order valence-corrected chi connectivity index (χ4v) is 3.61. The van der Waals surface area contributed by atoms with Crippen molar-refractivity contribution in [3.8, 4) is 5.75 Å². The second-order valence-electron chi connectivity index (χ2n) is 6.72. The Morgan fingerprint density at radius 1 is 1.23 bits per heavy atom. The summed E-state index contributed by atoms with van der Waals surface area (Å²) in [4.78, 5) is 2.26. The summed E-state index contributed by atoms with van der Waals surface area (Å²) < 4.78 is 11.5. The zero-order valence-electron chi connectivity index (χ0n) is 13.6. The normalized spacial score (nSPS) is 26.7. The van der Waals surface area contributed by atoms with Crippen LogP contribution in [0.2, 0.25) is 0 Å². The minimum absolute atomic E-state index is 0.230. The monoisotopic (exact) mass is 305 g/mol. The van der Waals surface area contributed by atoms with Crippen molar-refractivity contribution >= 4 is 0 Å². The lowest BCUT2D eigenvalue weighted by atomic mass is 10.1. The van der Waals surface area contributed by atoms with Gasteiger partial charge in [0.1, 0.15) is 18.5 Å². The third-order valence-corrected chi connectivity index (χ3v) is 4.48. The predicted octanol–water partition coefficient (Wildman–Crippen LogP) is 2.02. The van der Waals surface area contributed by atoms with Crippen LogP contribution in [0.5, 0.6) is 5.75 Å². The number of morpholine rings is 1. The SMILES string of the molecule is C[C@@H]1CN(C[C@H](O)COc2ccc3c(c2)CCC3)C[C@@H](C)O1. The van der Waals surface area contributed by atoms with E-state index in [0.717, 1.165) is 25.3 Å². The van der Waals surface area contributed by atoms with Gasteiger partial charge < -0.3 is 14.6 Å². The lowest BCUT2D eigenvalue weighted by molar-refractivity contribution is -0.0786. The Balaban J connectivity index is 1.47. The number of aliphatic hydroxyl groups excluding tert-OH is 1. The average molecular weight is 305 g/mol. The molecule has 1 heterocycles. The number of rotatable bonds is 5. The topological polar surface area (TPSA) is 41.9 Å². The molecule has 1 aromatic carbocycles. The third kappa shape index (κ3) is 4.00. The first-order valence-corrected chi connectivity index (χ1v) is 8.40. The molecule has 1 aromatic rings. The molecule has 4 nitrogen and oxygen atoms in total. The van der Waals surface area contributed by atoms with E-state index in [4.69, 9.17) is 9.47 Å². The van der Waals surface area contributed by atoms with E-state index >= 15 is 0 Å². The summed E-state index contributed by atoms with van der Waals surface area (Å²) in [5, 5.41) is 10.2. The van der Waals surface area contributed by atoms with Gasteiger partial charge in [0.25, 0.3) is 0 Å². The number of ether oxygens (including phenoxy) is 2. The second kappa shape index (κ2) is 6.99. The van der Waals surface area contributed by atoms with Crippen LogP contribution >= 0.6 is 0 Å². The molecule has 3 atom stereocenters. The maximum atomic E-state index is 10.2. The minimum Gasteiger partial charge on any atom is -0.491 e. The van der Waals surface area contributed by atoms with Gasteiger partial charge >= 0.3 is 0 Å². The van der Waals surface area contributed by atoms with Crippen molar-refractivity contribution < 1.29 is 14.6 Å². The van der Waals surface area contributed by atoms with E-state index in [1.807, 2.05) is 6.07 Å². The van der Waals surface area contributed by atoms with Crippen LogP contribution < -0.4 is 4.74 Å². The summed E-state index contributed by atoms with van der Waals surface area (Å²) in [5.74, 6) is 0.878. The highest BCUT2D eigenvalue weighted by Gasteiger charge is 2.24. The molecule has 3 rings (SSSR count). The van der Waals surface area contributed by atoms with Crippen LogP contribution in [0.4, 0.5) is 0 Å². The first-order chi connectivity index (χ1) is 10.6. The maximum Gasteiger partial charge on any atom is 0.119 e. The Bertz CT molecular complexity index is 495. The van der Waals surface area contributed by atoms with Gasteiger partial charge in [-0.15, -0.1) is 0 Å². The van der Waals surface area contributed by atoms with Crippen LogP contribution in [0, 0.1) is 0 Å². The van der Waals surface area contributed by atoms with E-state index in [2.05, 4.69) is 30.9 Å². The minimum atomic E-state index is -0.467. The van der Waals surface area contributed by atoms with Gasteiger partial charge in [0.15, 0.2) is 0 Å². The molecule has 0 aromatic heterocycles. The van der Waals surface area contributed by atoms with Gasteiger partial charge in [0, 0.05) is 19.6 Å². The zero-order chi connectivity index (χ0) is 15.5. The van der Waals surface area contributed by atoms with Gasteiger partial charge in [-0.1, -0.05) is 6.07 Å². The van der Waals surface area contributed by atoms with Gasteiger partial charge in [0.05, 0.1) is 12.2 Å². The van der Waals surface area contributed by atoms with Gasteiger partial charge in [-0.2, -0.15) is 0 Å². The molecule has 122 valence electrons. The van der Waals surface area contributed by atoms with E-state index in [1.54, 1.807) is 0 Å². The molecule has 0 spiro atoms. The molecule has 0 bridgehead atoms. The summed E-state index contributed by atoms with van der Waals surface area (Å²) in [6, 6.07) is 6.32. The van der Waals surface area contributed by atoms with Crippen molar-refractivity contribution in [3.63, 3.8) is 0 Å². The maximum absolute atomic E-state index is 10.2. The number of aryl methyl sites for hydroxylation is 2. The Morgan fingerprint density at radius 2 is 1.95 bits per heavy atom. The summed E-state index contributed by atoms with van der Waals surface area (Å²) >= 11 is 0. The highest BCUT2D eigenvalue weighted by molar-refractivity contribution is 5.38. The molecule has 4 heteroatoms. The molecule has 1 aliphatic carbocycles. The molecule has 2 aliphatic rings. The van der Waals surface area contributed by atoms with Crippen LogP contribution in [0.15, 0.2) is 18.2 Å². The Kier molecular flexibility index (Phi) is 5.01. The Labute approximate surface area is 133 Å². The number of hydrogen-bond donors (Lipinski definition) is 1. The summed E-state index contributed by atoms with van der Waals surface area (Å²) in [7, 11) is 0. The van der Waals surface area contributed by atoms with Crippen molar-refractivity contribution in [1.82, 2.24) is 4.90 Å². The molecule has 22 heavy (non-hydrogen) atoms. The summed E-state index contributed by atoms with van der Waals surface area (Å²) in [6.45, 7) is 6.90. The zero-order valence-corrected chi connectivity index (χ0v) is 13.6. The van der Waals surface area contributed by atoms with Crippen molar-refractivity contribution in [2.75, 3.05) is 26.2 Å². The highest BCUT2D eigenvalue weighted by atomic mass is 16.5. The standard InChI is InChI=1S/C18H27NO3/c1-13-9-19(10-14(2)22-13)11-17(20)12-21-18-7-6-15-4-3-5-16(15)8-18/h6-8,13-14,17,20H,3-5,9-12H2,1-2H3/t13-,14-,17+/m1/s1. The van der Waals surface area contributed by atoms with Gasteiger partial charge in [0.2, 0.25) is 0 Å². The second-order valence-corrected chi connectivity index (χ2v) is 6.72. The molecular weight excluding hydrogens is 278 g/mol. The Hall–Kier alpha value is -1.10. The van der Waals surface area contributed by atoms with Crippen LogP contribution in [-0.2, 0) is 17.6 Å². The van der Waals surface area contributed by atoms with Crippen molar-refractivity contribution in [2.45, 2.75) is 51.4 Å². The lowest BCUT2D eigenvalue weighted by Crippen LogP contribution is -2.48. The summed E-state index contributed by atoms with van der Waals surface area (Å²) in [6.07, 6.45) is 3.58. The van der Waals surface area contributed by atoms with E-state index < -0.39 is 6.10 Å². The van der Waals surface area contributed by atoms with Gasteiger partial charge in [-0.05, 0) is 56.4 Å². The first-order valence-electron chi connectivity index (χ1n) is 8.40. The number of aliphatic hydroxyl groups is 1. The summed E-state index contributed by atoms with van der Waals surface area (Å²) in [5.41, 5.74) is 2.85. The molecule has 0 unspecified atom stereocenters. The molecule has 1 fully saturated rings. The first kappa shape index (κ1) is 15.8. The number of hydrogen-bond acceptors (Lipinski definition) is 4. The molecule has 1 N–H and O–H groups in total. The lowest BCUT2D eigenvalue weighted by Gasteiger charge is -2.36. The van der Waals surface area contributed by atoms with E-state index in [0.29, 0.717) is 13.2 Å². The van der Waals surface area contributed by atoms with E-state index in [-0.39, 0.29) is 12.2 Å². The van der Waals surface area contributed by atoms with Gasteiger partial charge in [-0.3, -0.25) is 4.90 Å². The smallest absolute Gasteiger partial charge is 0.119 e. The fraction of sp³-hybridized carbons (Fsp3) is 0.667. The molecule has 0 amide bonds. The van der Waals surface area contributed by atoms with Gasteiger partial charge in [-0.25, -0.2) is 0 Å². The molecule has 1 aliphatic heterocycles. The highest BCUT2D eigenvalue weighted by Crippen LogP contribution is 2.26. The quantitative estimate of drug-likeness (QED) is 0.904. The third-order valence-electron chi connectivity index (χ3n) is 4.48. The van der Waals surface area contributed by atoms with Crippen LogP contribution in [0.25, 0.3) is 0 Å². The molecular formula is C18H27NO3. The predicted molar refractivity (Wildman–Crippen MR) is 86.4 cm³/mol. The average Bonchev–Trinajstić information content (AvgIpc) is 2.91. The number of β-amino-alcohol motifs (C(OH)–C–C–N with tert-alkyl or cyclic N) is 1. The molecule has 0 radical (unpaired) electrons. The van der Waals surface area contributed by atoms with Crippen molar-refractivity contribution in [1.29, 1.82) is 0 Å². The van der Waals surface area contributed by atoms with E-state index in [1.165, 1.54) is 24.0 Å². The van der Waals surface area contributed by atoms with Crippen LogP contribution in [0.1, 0.15) is 31.4 Å². The molecule has 0 saturated carbocycles. The van der Waals surface area contributed by atoms with Crippen molar-refractivity contribution in [3.05, 3.63) is 29.3 Å². The number of benzene rings is 1. The number of fused-ring (bicyclic) bond motifs is 1.